The molecule has 2 aromatic rings. The fraction of sp³-hybridized carbons (Fsp3) is 0.400. The predicted molar refractivity (Wildman–Crippen MR) is 156 cm³/mol. The molecule has 0 saturated heterocycles. The molecule has 0 heterocycles. The van der Waals surface area contributed by atoms with Gasteiger partial charge in [0, 0.05) is 5.56 Å². The third kappa shape index (κ3) is 4.64. The van der Waals surface area contributed by atoms with E-state index in [1.54, 1.807) is 24.3 Å². The lowest BCUT2D eigenvalue weighted by Crippen LogP contribution is -2.70. The van der Waals surface area contributed by atoms with E-state index in [0.717, 1.165) is 16.7 Å². The number of hydrogen-bond donors (Lipinski definition) is 1. The van der Waals surface area contributed by atoms with Crippen LogP contribution in [0.3, 0.4) is 0 Å². The fourth-order valence-electron chi connectivity index (χ4n) is 6.66. The highest BCUT2D eigenvalue weighted by atomic mass is 16.3. The maximum Gasteiger partial charge on any atom is 0.184 e. The van der Waals surface area contributed by atoms with E-state index in [9.17, 15) is 19.5 Å². The number of aliphatic hydroxyl groups excluding tert-OH is 1. The number of allylic oxidation sites excluding steroid dienone is 5. The van der Waals surface area contributed by atoms with Crippen LogP contribution in [0.2, 0.25) is 0 Å². The molecule has 1 N–H and O–H groups in total. The summed E-state index contributed by atoms with van der Waals surface area (Å²) in [5.41, 5.74) is -0.507. The van der Waals surface area contributed by atoms with Crippen molar-refractivity contribution < 1.29 is 19.5 Å². The first-order valence-corrected chi connectivity index (χ1v) is 13.8. The Balaban J connectivity index is 2.07. The molecule has 39 heavy (non-hydrogen) atoms. The molecule has 2 aromatic carbocycles. The van der Waals surface area contributed by atoms with Gasteiger partial charge in [-0.15, -0.1) is 0 Å². The lowest BCUT2D eigenvalue weighted by Gasteiger charge is -2.60. The molecule has 3 atom stereocenters. The smallest absolute Gasteiger partial charge is 0.184 e. The van der Waals surface area contributed by atoms with Crippen LogP contribution in [0.1, 0.15) is 71.9 Å². The van der Waals surface area contributed by atoms with Gasteiger partial charge in [0.2, 0.25) is 0 Å². The Kier molecular flexibility index (Phi) is 7.71. The standard InChI is InChI=1S/C35H40O4/c1-23(2)17-18-27-22-34(21-25-13-9-7-10-14-25)30(37)28(29(36)26-15-11-8-12-16-26)31(38)35(32(34)39,33(27,5)6)20-19-24(3)4/h7-17,19,27,36H,18,20-22H2,1-6H3/t27-,34-,35+/m1/s1. The van der Waals surface area contributed by atoms with Crippen molar-refractivity contribution in [1.29, 1.82) is 0 Å². The number of Topliss-reactive ketones (excluding diaryl/α,β-unsaturated/α-hetero) is 3. The second kappa shape index (κ2) is 10.6. The highest BCUT2D eigenvalue weighted by Gasteiger charge is 2.73. The van der Waals surface area contributed by atoms with Gasteiger partial charge in [0.05, 0.1) is 5.41 Å². The van der Waals surface area contributed by atoms with Crippen LogP contribution in [-0.2, 0) is 20.8 Å². The summed E-state index contributed by atoms with van der Waals surface area (Å²) in [4.78, 5) is 44.2. The number of carbonyl (C=O) groups excluding carboxylic acids is 3. The van der Waals surface area contributed by atoms with Crippen LogP contribution >= 0.6 is 0 Å². The number of fused-ring (bicyclic) bond motifs is 2. The zero-order valence-electron chi connectivity index (χ0n) is 24.0. The molecule has 2 aliphatic rings. The van der Waals surface area contributed by atoms with E-state index in [2.05, 4.69) is 6.08 Å². The van der Waals surface area contributed by atoms with Crippen LogP contribution in [0, 0.1) is 22.2 Å². The van der Waals surface area contributed by atoms with Crippen molar-refractivity contribution in [3.63, 3.8) is 0 Å². The maximum absolute atomic E-state index is 14.9. The molecule has 2 bridgehead atoms. The van der Waals surface area contributed by atoms with Crippen LogP contribution < -0.4 is 0 Å². The summed E-state index contributed by atoms with van der Waals surface area (Å²) < 4.78 is 0. The molecule has 4 rings (SSSR count). The van der Waals surface area contributed by atoms with Crippen molar-refractivity contribution in [2.75, 3.05) is 0 Å². The fourth-order valence-corrected chi connectivity index (χ4v) is 6.66. The molecule has 0 amide bonds. The quantitative estimate of drug-likeness (QED) is 0.133. The third-order valence-electron chi connectivity index (χ3n) is 9.07. The van der Waals surface area contributed by atoms with Gasteiger partial charge in [-0.2, -0.15) is 0 Å². The molecule has 0 radical (unpaired) electrons. The summed E-state index contributed by atoms with van der Waals surface area (Å²) in [6.45, 7) is 12.0. The SMILES string of the molecule is CC(C)=CC[C@@H]1C[C@]2(Cc3ccccc3)C(=O)C(=C(O)c3ccccc3)C(=O)[C@@](CC=C(C)C)(C2=O)C1(C)C. The van der Waals surface area contributed by atoms with Gasteiger partial charge in [-0.05, 0) is 70.3 Å². The second-order valence-corrected chi connectivity index (χ2v) is 12.4. The second-order valence-electron chi connectivity index (χ2n) is 12.4. The van der Waals surface area contributed by atoms with Crippen molar-refractivity contribution in [1.82, 2.24) is 0 Å². The normalized spacial score (nSPS) is 27.1. The van der Waals surface area contributed by atoms with Crippen LogP contribution in [0.5, 0.6) is 0 Å². The minimum atomic E-state index is -1.48. The summed E-state index contributed by atoms with van der Waals surface area (Å²) in [7, 11) is 0. The van der Waals surface area contributed by atoms with E-state index >= 15 is 0 Å². The summed E-state index contributed by atoms with van der Waals surface area (Å²) in [6, 6.07) is 18.3. The first-order chi connectivity index (χ1) is 18.4. The van der Waals surface area contributed by atoms with Crippen LogP contribution in [0.15, 0.2) is 89.5 Å². The Hall–Kier alpha value is -3.53. The monoisotopic (exact) mass is 524 g/mol. The van der Waals surface area contributed by atoms with Gasteiger partial charge in [-0.1, -0.05) is 97.8 Å². The number of aliphatic hydroxyl groups is 1. The Labute approximate surface area is 232 Å². The average Bonchev–Trinajstić information content (AvgIpc) is 2.90. The van der Waals surface area contributed by atoms with Crippen LogP contribution in [0.4, 0.5) is 0 Å². The highest BCUT2D eigenvalue weighted by molar-refractivity contribution is 6.41. The molecule has 0 aromatic heterocycles. The first-order valence-electron chi connectivity index (χ1n) is 13.8. The summed E-state index contributed by atoms with van der Waals surface area (Å²) in [6.07, 6.45) is 5.48. The zero-order valence-corrected chi connectivity index (χ0v) is 24.0. The number of rotatable bonds is 7. The van der Waals surface area contributed by atoms with E-state index in [0.29, 0.717) is 18.4 Å². The lowest BCUT2D eigenvalue weighted by molar-refractivity contribution is -0.176. The van der Waals surface area contributed by atoms with E-state index in [-0.39, 0.29) is 35.9 Å². The van der Waals surface area contributed by atoms with Gasteiger partial charge in [0.25, 0.3) is 0 Å². The largest absolute Gasteiger partial charge is 0.506 e. The van der Waals surface area contributed by atoms with Crippen molar-refractivity contribution >= 4 is 23.1 Å². The first kappa shape index (κ1) is 28.5. The Morgan fingerprint density at radius 1 is 0.846 bits per heavy atom. The van der Waals surface area contributed by atoms with Gasteiger partial charge < -0.3 is 5.11 Å². The summed E-state index contributed by atoms with van der Waals surface area (Å²) in [5, 5.41) is 11.5. The molecule has 2 fully saturated rings. The lowest BCUT2D eigenvalue weighted by atomic mass is 9.38. The number of ketones is 3. The molecular weight excluding hydrogens is 484 g/mol. The minimum Gasteiger partial charge on any atom is -0.506 e. The number of hydrogen-bond acceptors (Lipinski definition) is 4. The van der Waals surface area contributed by atoms with E-state index in [4.69, 9.17) is 0 Å². The number of carbonyl (C=O) groups is 3. The highest BCUT2D eigenvalue weighted by Crippen LogP contribution is 2.65. The van der Waals surface area contributed by atoms with Gasteiger partial charge in [0.15, 0.2) is 17.3 Å². The maximum atomic E-state index is 14.9. The van der Waals surface area contributed by atoms with Crippen molar-refractivity contribution in [3.05, 3.63) is 101 Å². The summed E-state index contributed by atoms with van der Waals surface area (Å²) >= 11 is 0. The minimum absolute atomic E-state index is 0.0901. The molecule has 4 heteroatoms. The molecule has 4 nitrogen and oxygen atoms in total. The predicted octanol–water partition coefficient (Wildman–Crippen LogP) is 7.65. The van der Waals surface area contributed by atoms with E-state index in [1.807, 2.05) is 84.0 Å². The third-order valence-corrected chi connectivity index (χ3v) is 9.07. The molecule has 2 aliphatic carbocycles. The van der Waals surface area contributed by atoms with Gasteiger partial charge in [-0.3, -0.25) is 14.4 Å². The molecule has 0 unspecified atom stereocenters. The molecule has 0 aliphatic heterocycles. The molecule has 0 spiro atoms. The molecule has 2 saturated carbocycles. The Morgan fingerprint density at radius 3 is 1.97 bits per heavy atom. The van der Waals surface area contributed by atoms with Gasteiger partial charge in [-0.25, -0.2) is 0 Å². The zero-order chi connectivity index (χ0) is 28.6. The summed E-state index contributed by atoms with van der Waals surface area (Å²) in [5.74, 6) is -1.82. The van der Waals surface area contributed by atoms with Crippen molar-refractivity contribution in [2.45, 2.75) is 67.2 Å². The van der Waals surface area contributed by atoms with Crippen molar-refractivity contribution in [3.8, 4) is 0 Å². The van der Waals surface area contributed by atoms with Crippen molar-refractivity contribution in [2.24, 2.45) is 22.2 Å². The van der Waals surface area contributed by atoms with E-state index < -0.39 is 27.8 Å². The van der Waals surface area contributed by atoms with Crippen LogP contribution in [-0.4, -0.2) is 22.5 Å². The topological polar surface area (TPSA) is 71.4 Å². The Morgan fingerprint density at radius 2 is 1.41 bits per heavy atom. The van der Waals surface area contributed by atoms with E-state index in [1.165, 1.54) is 0 Å². The van der Waals surface area contributed by atoms with Crippen LogP contribution in [0.25, 0.3) is 5.76 Å². The average molecular weight is 525 g/mol. The number of benzene rings is 2. The molecular formula is C35H40O4. The van der Waals surface area contributed by atoms with Gasteiger partial charge in [0.1, 0.15) is 16.7 Å². The molecule has 204 valence electrons. The van der Waals surface area contributed by atoms with Gasteiger partial charge >= 0.3 is 0 Å². The Bertz CT molecular complexity index is 1370.